The summed E-state index contributed by atoms with van der Waals surface area (Å²) in [5, 5.41) is 30.0. The second-order valence-corrected chi connectivity index (χ2v) is 11.7. The van der Waals surface area contributed by atoms with E-state index in [0.717, 1.165) is 33.7 Å². The van der Waals surface area contributed by atoms with E-state index in [1.54, 1.807) is 13.8 Å². The summed E-state index contributed by atoms with van der Waals surface area (Å²) in [5.41, 5.74) is -4.06. The third kappa shape index (κ3) is 5.87. The molecule has 0 aliphatic carbocycles. The number of aromatic nitrogens is 6. The lowest BCUT2D eigenvalue weighted by molar-refractivity contribution is 0.0122. The zero-order chi connectivity index (χ0) is 27.5. The molecule has 2 aromatic carbocycles. The maximum absolute atomic E-state index is 14.8. The van der Waals surface area contributed by atoms with Crippen LogP contribution in [0, 0.1) is 23.3 Å². The van der Waals surface area contributed by atoms with Gasteiger partial charge in [0, 0.05) is 33.8 Å². The zero-order valence-electron chi connectivity index (χ0n) is 20.2. The highest BCUT2D eigenvalue weighted by molar-refractivity contribution is 8.77. The van der Waals surface area contributed by atoms with E-state index in [1.807, 2.05) is 0 Å². The Morgan fingerprint density at radius 2 is 1.13 bits per heavy atom. The van der Waals surface area contributed by atoms with Gasteiger partial charge in [-0.15, -0.1) is 0 Å². The molecule has 0 saturated carbocycles. The minimum atomic E-state index is -1.88. The van der Waals surface area contributed by atoms with Crippen LogP contribution in [0.2, 0.25) is 0 Å². The SMILES string of the molecule is CC(SSC(C)C(O)(Cn1cncn1)c1ccc(F)cc1F)C(O)(Cn1cncn1)c1ccc(F)cc1F. The third-order valence-corrected chi connectivity index (χ3v) is 9.76. The minimum absolute atomic E-state index is 0.148. The van der Waals surface area contributed by atoms with E-state index >= 15 is 0 Å². The Bertz CT molecular complexity index is 1260. The average molecular weight is 569 g/mol. The number of rotatable bonds is 11. The van der Waals surface area contributed by atoms with Gasteiger partial charge in [0.2, 0.25) is 0 Å². The van der Waals surface area contributed by atoms with E-state index in [2.05, 4.69) is 20.2 Å². The van der Waals surface area contributed by atoms with E-state index in [4.69, 9.17) is 0 Å². The Labute approximate surface area is 223 Å². The molecule has 0 spiro atoms. The molecular weight excluding hydrogens is 544 g/mol. The van der Waals surface area contributed by atoms with Gasteiger partial charge < -0.3 is 10.2 Å². The highest BCUT2D eigenvalue weighted by Crippen LogP contribution is 2.47. The van der Waals surface area contributed by atoms with Crippen LogP contribution in [-0.2, 0) is 24.3 Å². The van der Waals surface area contributed by atoms with Gasteiger partial charge in [0.15, 0.2) is 0 Å². The first kappa shape index (κ1) is 28.1. The highest BCUT2D eigenvalue weighted by atomic mass is 33.1. The normalized spacial score (nSPS) is 16.5. The van der Waals surface area contributed by atoms with Crippen molar-refractivity contribution in [3.63, 3.8) is 0 Å². The van der Waals surface area contributed by atoms with Crippen molar-refractivity contribution in [3.8, 4) is 0 Å². The van der Waals surface area contributed by atoms with Crippen molar-refractivity contribution in [2.45, 2.75) is 48.6 Å². The molecule has 4 atom stereocenters. The first-order valence-corrected chi connectivity index (χ1v) is 13.6. The summed E-state index contributed by atoms with van der Waals surface area (Å²) in [5.74, 6) is -3.46. The van der Waals surface area contributed by atoms with E-state index in [1.165, 1.54) is 46.8 Å². The molecule has 0 aliphatic heterocycles. The van der Waals surface area contributed by atoms with E-state index in [9.17, 15) is 27.8 Å². The summed E-state index contributed by atoms with van der Waals surface area (Å²) < 4.78 is 59.6. The molecule has 202 valence electrons. The molecule has 4 aromatic rings. The maximum atomic E-state index is 14.8. The number of halogens is 4. The molecule has 4 unspecified atom stereocenters. The predicted octanol–water partition coefficient (Wildman–Crippen LogP) is 4.06. The topological polar surface area (TPSA) is 102 Å². The van der Waals surface area contributed by atoms with Crippen molar-refractivity contribution >= 4 is 21.6 Å². The fourth-order valence-electron chi connectivity index (χ4n) is 4.00. The Morgan fingerprint density at radius 1 is 0.737 bits per heavy atom. The summed E-state index contributed by atoms with van der Waals surface area (Å²) in [6.07, 6.45) is 5.23. The monoisotopic (exact) mass is 568 g/mol. The van der Waals surface area contributed by atoms with Crippen molar-refractivity contribution in [2.24, 2.45) is 0 Å². The van der Waals surface area contributed by atoms with Gasteiger partial charge in [0.1, 0.15) is 59.8 Å². The fourth-order valence-corrected chi connectivity index (χ4v) is 7.00. The summed E-state index contributed by atoms with van der Waals surface area (Å²) in [7, 11) is 2.21. The Kier molecular flexibility index (Phi) is 8.45. The van der Waals surface area contributed by atoms with Gasteiger partial charge in [-0.3, -0.25) is 0 Å². The van der Waals surface area contributed by atoms with Gasteiger partial charge >= 0.3 is 0 Å². The van der Waals surface area contributed by atoms with Crippen LogP contribution in [0.3, 0.4) is 0 Å². The summed E-state index contributed by atoms with van der Waals surface area (Å²) in [4.78, 5) is 7.70. The molecule has 38 heavy (non-hydrogen) atoms. The predicted molar refractivity (Wildman–Crippen MR) is 135 cm³/mol. The van der Waals surface area contributed by atoms with Crippen molar-refractivity contribution in [1.82, 2.24) is 29.5 Å². The molecular formula is C24H24F4N6O2S2. The van der Waals surface area contributed by atoms with Crippen molar-refractivity contribution in [3.05, 3.63) is 96.1 Å². The molecule has 4 rings (SSSR count). The van der Waals surface area contributed by atoms with Crippen LogP contribution in [-0.4, -0.2) is 50.2 Å². The van der Waals surface area contributed by atoms with Crippen LogP contribution in [0.25, 0.3) is 0 Å². The molecule has 0 aliphatic rings. The largest absolute Gasteiger partial charge is 0.382 e. The van der Waals surface area contributed by atoms with Crippen LogP contribution in [0.15, 0.2) is 61.7 Å². The molecule has 0 bridgehead atoms. The summed E-state index contributed by atoms with van der Waals surface area (Å²) >= 11 is 0. The van der Waals surface area contributed by atoms with E-state index in [0.29, 0.717) is 12.1 Å². The standard InChI is InChI=1S/C24H24F4N6O2S2/c1-15(23(35,9-33-13-29-11-31-33)19-5-3-17(25)7-21(19)27)37-38-16(2)24(36,10-34-14-30-12-32-34)20-6-4-18(26)8-22(20)28/h3-8,11-16,35-36H,9-10H2,1-2H3. The zero-order valence-corrected chi connectivity index (χ0v) is 21.9. The van der Waals surface area contributed by atoms with Crippen molar-refractivity contribution in [1.29, 1.82) is 0 Å². The van der Waals surface area contributed by atoms with Crippen LogP contribution < -0.4 is 0 Å². The van der Waals surface area contributed by atoms with Gasteiger partial charge in [-0.2, -0.15) is 10.2 Å². The summed E-state index contributed by atoms with van der Waals surface area (Å²) in [6, 6.07) is 5.80. The molecule has 0 fully saturated rings. The molecule has 2 heterocycles. The number of hydrogen-bond acceptors (Lipinski definition) is 8. The second-order valence-electron chi connectivity index (χ2n) is 8.76. The molecule has 8 nitrogen and oxygen atoms in total. The molecule has 2 N–H and O–H groups in total. The van der Waals surface area contributed by atoms with Crippen molar-refractivity contribution < 1.29 is 27.8 Å². The molecule has 14 heteroatoms. The Hall–Kier alpha value is -2.94. The van der Waals surface area contributed by atoms with Gasteiger partial charge in [-0.1, -0.05) is 33.7 Å². The number of benzene rings is 2. The molecule has 0 saturated heterocycles. The third-order valence-electron chi connectivity index (χ3n) is 6.22. The number of hydrogen-bond donors (Lipinski definition) is 2. The Morgan fingerprint density at radius 3 is 1.45 bits per heavy atom. The van der Waals surface area contributed by atoms with Crippen LogP contribution in [0.4, 0.5) is 17.6 Å². The van der Waals surface area contributed by atoms with Gasteiger partial charge in [-0.05, 0) is 26.0 Å². The lowest BCUT2D eigenvalue weighted by Crippen LogP contribution is -2.43. The number of nitrogens with zero attached hydrogens (tertiary/aromatic N) is 6. The van der Waals surface area contributed by atoms with Crippen LogP contribution in [0.1, 0.15) is 25.0 Å². The van der Waals surface area contributed by atoms with Gasteiger partial charge in [-0.25, -0.2) is 36.9 Å². The molecule has 2 aromatic heterocycles. The first-order valence-electron chi connectivity index (χ1n) is 11.4. The van der Waals surface area contributed by atoms with Crippen LogP contribution in [0.5, 0.6) is 0 Å². The van der Waals surface area contributed by atoms with Crippen LogP contribution >= 0.6 is 21.6 Å². The maximum Gasteiger partial charge on any atom is 0.137 e. The average Bonchev–Trinajstić information content (AvgIpc) is 3.56. The molecule has 0 radical (unpaired) electrons. The lowest BCUT2D eigenvalue weighted by atomic mass is 9.90. The van der Waals surface area contributed by atoms with E-state index in [-0.39, 0.29) is 24.2 Å². The highest BCUT2D eigenvalue weighted by Gasteiger charge is 2.43. The van der Waals surface area contributed by atoms with E-state index < -0.39 is 45.0 Å². The lowest BCUT2D eigenvalue weighted by Gasteiger charge is -2.37. The Balaban J connectivity index is 1.62. The summed E-state index contributed by atoms with van der Waals surface area (Å²) in [6.45, 7) is 2.88. The second kappa shape index (κ2) is 11.4. The smallest absolute Gasteiger partial charge is 0.137 e. The van der Waals surface area contributed by atoms with Crippen molar-refractivity contribution in [2.75, 3.05) is 0 Å². The van der Waals surface area contributed by atoms with Gasteiger partial charge in [0.05, 0.1) is 13.1 Å². The quantitative estimate of drug-likeness (QED) is 0.206. The van der Waals surface area contributed by atoms with Gasteiger partial charge in [0.25, 0.3) is 0 Å². The number of aliphatic hydroxyl groups is 2. The first-order chi connectivity index (χ1) is 18.0. The fraction of sp³-hybridized carbons (Fsp3) is 0.333. The minimum Gasteiger partial charge on any atom is -0.382 e. The molecule has 0 amide bonds.